The van der Waals surface area contributed by atoms with Crippen molar-refractivity contribution in [2.75, 3.05) is 5.43 Å². The fourth-order valence-electron chi connectivity index (χ4n) is 2.03. The highest BCUT2D eigenvalue weighted by molar-refractivity contribution is 7.22. The Kier molecular flexibility index (Phi) is 3.43. The molecule has 0 radical (unpaired) electrons. The smallest absolute Gasteiger partial charge is 0.204 e. The zero-order valence-electron chi connectivity index (χ0n) is 11.3. The van der Waals surface area contributed by atoms with E-state index in [-0.39, 0.29) is 0 Å². The first kappa shape index (κ1) is 12.7. The summed E-state index contributed by atoms with van der Waals surface area (Å²) in [6.07, 6.45) is 5.23. The molecule has 20 heavy (non-hydrogen) atoms. The highest BCUT2D eigenvalue weighted by atomic mass is 32.1. The molecule has 0 aliphatic heterocycles. The number of anilines is 1. The molecule has 2 aromatic heterocycles. The lowest BCUT2D eigenvalue weighted by molar-refractivity contribution is 1.28. The van der Waals surface area contributed by atoms with Crippen LogP contribution in [0.3, 0.4) is 0 Å². The van der Waals surface area contributed by atoms with Crippen molar-refractivity contribution in [3.8, 4) is 0 Å². The Labute approximate surface area is 121 Å². The van der Waals surface area contributed by atoms with Crippen molar-refractivity contribution in [2.24, 2.45) is 5.10 Å². The molecule has 1 aromatic carbocycles. The van der Waals surface area contributed by atoms with Crippen molar-refractivity contribution in [3.63, 3.8) is 0 Å². The lowest BCUT2D eigenvalue weighted by Gasteiger charge is -1.95. The van der Waals surface area contributed by atoms with Crippen LogP contribution < -0.4 is 5.43 Å². The van der Waals surface area contributed by atoms with Gasteiger partial charge in [-0.3, -0.25) is 10.4 Å². The van der Waals surface area contributed by atoms with Crippen molar-refractivity contribution in [1.82, 2.24) is 9.97 Å². The van der Waals surface area contributed by atoms with Crippen molar-refractivity contribution in [1.29, 1.82) is 0 Å². The van der Waals surface area contributed by atoms with E-state index in [4.69, 9.17) is 0 Å². The van der Waals surface area contributed by atoms with Crippen molar-refractivity contribution >= 4 is 32.9 Å². The van der Waals surface area contributed by atoms with Crippen LogP contribution in [0, 0.1) is 13.8 Å². The maximum Gasteiger partial charge on any atom is 0.204 e. The molecule has 0 amide bonds. The molecule has 0 unspecified atom stereocenters. The van der Waals surface area contributed by atoms with Gasteiger partial charge in [0.15, 0.2) is 0 Å². The third-order valence-corrected chi connectivity index (χ3v) is 3.80. The molecule has 5 heteroatoms. The maximum absolute atomic E-state index is 4.56. The second kappa shape index (κ2) is 5.38. The van der Waals surface area contributed by atoms with E-state index >= 15 is 0 Å². The number of thiazole rings is 1. The molecule has 0 saturated heterocycles. The van der Waals surface area contributed by atoms with Crippen LogP contribution in [0.5, 0.6) is 0 Å². The number of nitrogens with one attached hydrogen (secondary N) is 1. The highest BCUT2D eigenvalue weighted by Crippen LogP contribution is 2.29. The van der Waals surface area contributed by atoms with Gasteiger partial charge in [-0.1, -0.05) is 23.5 Å². The number of benzene rings is 1. The maximum atomic E-state index is 4.56. The van der Waals surface area contributed by atoms with Crippen LogP contribution in [0.2, 0.25) is 0 Å². The molecule has 0 spiro atoms. The van der Waals surface area contributed by atoms with E-state index in [1.54, 1.807) is 29.9 Å². The predicted molar refractivity (Wildman–Crippen MR) is 84.5 cm³/mol. The molecule has 0 atom stereocenters. The minimum atomic E-state index is 0.800. The van der Waals surface area contributed by atoms with Gasteiger partial charge in [-0.05, 0) is 37.1 Å². The number of hydrogen-bond donors (Lipinski definition) is 1. The quantitative estimate of drug-likeness (QED) is 0.588. The van der Waals surface area contributed by atoms with Gasteiger partial charge in [0.1, 0.15) is 0 Å². The summed E-state index contributed by atoms with van der Waals surface area (Å²) in [6.45, 7) is 4.18. The van der Waals surface area contributed by atoms with Gasteiger partial charge < -0.3 is 0 Å². The highest BCUT2D eigenvalue weighted by Gasteiger charge is 2.06. The van der Waals surface area contributed by atoms with Crippen LogP contribution >= 0.6 is 11.3 Å². The van der Waals surface area contributed by atoms with Crippen molar-refractivity contribution in [3.05, 3.63) is 53.3 Å². The molecule has 0 aliphatic carbocycles. The van der Waals surface area contributed by atoms with E-state index in [0.29, 0.717) is 0 Å². The van der Waals surface area contributed by atoms with Gasteiger partial charge in [0.2, 0.25) is 5.13 Å². The van der Waals surface area contributed by atoms with E-state index in [9.17, 15) is 0 Å². The molecule has 0 bridgehead atoms. The van der Waals surface area contributed by atoms with Crippen LogP contribution in [0.25, 0.3) is 10.2 Å². The average Bonchev–Trinajstić information content (AvgIpc) is 2.83. The first-order valence-corrected chi connectivity index (χ1v) is 7.11. The minimum Gasteiger partial charge on any atom is -0.264 e. The number of hydrazone groups is 1. The van der Waals surface area contributed by atoms with Crippen LogP contribution in [-0.4, -0.2) is 16.2 Å². The Balaban J connectivity index is 1.82. The Morgan fingerprint density at radius 3 is 3.00 bits per heavy atom. The molecule has 2 heterocycles. The first-order chi connectivity index (χ1) is 9.72. The van der Waals surface area contributed by atoms with E-state index in [0.717, 1.165) is 16.2 Å². The van der Waals surface area contributed by atoms with Gasteiger partial charge in [-0.25, -0.2) is 4.98 Å². The third kappa shape index (κ3) is 2.67. The zero-order chi connectivity index (χ0) is 13.9. The fraction of sp³-hybridized carbons (Fsp3) is 0.133. The standard InChI is InChI=1S/C15H14N4S/c1-10-6-11(2)14-13(7-10)20-15(18-14)19-17-9-12-4-3-5-16-8-12/h3-9H,1-2H3,(H,18,19)/b17-9+. The summed E-state index contributed by atoms with van der Waals surface area (Å²) in [4.78, 5) is 8.60. The van der Waals surface area contributed by atoms with Gasteiger partial charge >= 0.3 is 0 Å². The Bertz CT molecular complexity index is 762. The number of aryl methyl sites for hydroxylation is 2. The number of aromatic nitrogens is 2. The molecule has 0 aliphatic rings. The summed E-state index contributed by atoms with van der Waals surface area (Å²) < 4.78 is 1.18. The predicted octanol–water partition coefficient (Wildman–Crippen LogP) is 3.75. The van der Waals surface area contributed by atoms with E-state index in [2.05, 4.69) is 46.5 Å². The summed E-state index contributed by atoms with van der Waals surface area (Å²) in [5.74, 6) is 0. The molecule has 1 N–H and O–H groups in total. The summed E-state index contributed by atoms with van der Waals surface area (Å²) in [6, 6.07) is 8.12. The molecule has 3 aromatic rings. The monoisotopic (exact) mass is 282 g/mol. The summed E-state index contributed by atoms with van der Waals surface area (Å²) >= 11 is 1.61. The largest absolute Gasteiger partial charge is 0.264 e. The van der Waals surface area contributed by atoms with Gasteiger partial charge in [0.25, 0.3) is 0 Å². The van der Waals surface area contributed by atoms with Gasteiger partial charge in [-0.15, -0.1) is 0 Å². The zero-order valence-corrected chi connectivity index (χ0v) is 12.1. The second-order valence-corrected chi connectivity index (χ2v) is 5.63. The Hall–Kier alpha value is -2.27. The summed E-state index contributed by atoms with van der Waals surface area (Å²) in [7, 11) is 0. The number of nitrogens with zero attached hydrogens (tertiary/aromatic N) is 3. The van der Waals surface area contributed by atoms with Crippen LogP contribution in [0.1, 0.15) is 16.7 Å². The number of fused-ring (bicyclic) bond motifs is 1. The SMILES string of the molecule is Cc1cc(C)c2nc(N/N=C/c3cccnc3)sc2c1. The van der Waals surface area contributed by atoms with E-state index < -0.39 is 0 Å². The first-order valence-electron chi connectivity index (χ1n) is 6.29. The molecule has 0 saturated carbocycles. The average molecular weight is 282 g/mol. The third-order valence-electron chi connectivity index (χ3n) is 2.89. The number of hydrogen-bond acceptors (Lipinski definition) is 5. The summed E-state index contributed by atoms with van der Waals surface area (Å²) in [5, 5.41) is 4.99. The topological polar surface area (TPSA) is 50.2 Å². The lowest BCUT2D eigenvalue weighted by atomic mass is 10.1. The van der Waals surface area contributed by atoms with Crippen molar-refractivity contribution in [2.45, 2.75) is 13.8 Å². The van der Waals surface area contributed by atoms with E-state index in [1.807, 2.05) is 12.1 Å². The molecule has 3 rings (SSSR count). The fourth-order valence-corrected chi connectivity index (χ4v) is 3.02. The summed E-state index contributed by atoms with van der Waals surface area (Å²) in [5.41, 5.74) is 7.42. The number of rotatable bonds is 3. The molecular formula is C15H14N4S. The second-order valence-electron chi connectivity index (χ2n) is 4.60. The van der Waals surface area contributed by atoms with E-state index in [1.165, 1.54) is 15.8 Å². The van der Waals surface area contributed by atoms with Crippen molar-refractivity contribution < 1.29 is 0 Å². The normalized spacial score (nSPS) is 11.3. The molecule has 4 nitrogen and oxygen atoms in total. The molecular weight excluding hydrogens is 268 g/mol. The van der Waals surface area contributed by atoms with Crippen LogP contribution in [0.15, 0.2) is 41.8 Å². The molecule has 0 fully saturated rings. The Morgan fingerprint density at radius 1 is 1.30 bits per heavy atom. The number of pyridine rings is 1. The van der Waals surface area contributed by atoms with Gasteiger partial charge in [0, 0.05) is 18.0 Å². The Morgan fingerprint density at radius 2 is 2.20 bits per heavy atom. The molecule has 100 valence electrons. The minimum absolute atomic E-state index is 0.800. The van der Waals surface area contributed by atoms with Gasteiger partial charge in [-0.2, -0.15) is 5.10 Å². The van der Waals surface area contributed by atoms with Gasteiger partial charge in [0.05, 0.1) is 16.4 Å². The lowest BCUT2D eigenvalue weighted by Crippen LogP contribution is -1.90. The van der Waals surface area contributed by atoms with Crippen LogP contribution in [-0.2, 0) is 0 Å². The van der Waals surface area contributed by atoms with Crippen LogP contribution in [0.4, 0.5) is 5.13 Å².